The van der Waals surface area contributed by atoms with E-state index in [0.29, 0.717) is 4.88 Å². The van der Waals surface area contributed by atoms with Crippen molar-refractivity contribution in [1.82, 2.24) is 5.32 Å². The molecule has 0 aliphatic heterocycles. The van der Waals surface area contributed by atoms with Gasteiger partial charge in [-0.3, -0.25) is 19.7 Å². The molecule has 1 amide bonds. The molecule has 1 aromatic heterocycles. The van der Waals surface area contributed by atoms with Gasteiger partial charge in [-0.15, -0.1) is 11.3 Å². The van der Waals surface area contributed by atoms with Gasteiger partial charge in [-0.25, -0.2) is 0 Å². The number of esters is 1. The average Bonchev–Trinajstić information content (AvgIpc) is 3.27. The molecule has 0 bridgehead atoms. The van der Waals surface area contributed by atoms with Crippen LogP contribution in [0.5, 0.6) is 11.5 Å². The third kappa shape index (κ3) is 5.91. The van der Waals surface area contributed by atoms with E-state index in [4.69, 9.17) is 14.2 Å². The minimum atomic E-state index is -0.731. The lowest BCUT2D eigenvalue weighted by atomic mass is 10.1. The van der Waals surface area contributed by atoms with Gasteiger partial charge in [0.15, 0.2) is 11.5 Å². The molecule has 1 heterocycles. The summed E-state index contributed by atoms with van der Waals surface area (Å²) in [5.41, 5.74) is -0.675. The Balaban J connectivity index is 2.36. The van der Waals surface area contributed by atoms with Crippen LogP contribution in [0.2, 0.25) is 0 Å². The average molecular weight is 438 g/mol. The predicted octanol–water partition coefficient (Wildman–Crippen LogP) is 2.72. The smallest absolute Gasteiger partial charge is 0.307 e. The van der Waals surface area contributed by atoms with Crippen molar-refractivity contribution in [1.29, 1.82) is 0 Å². The zero-order valence-corrected chi connectivity index (χ0v) is 17.5. The number of ether oxygens (including phenoxy) is 4. The number of nitro benzene ring substituents is 1. The first-order valence-electron chi connectivity index (χ1n) is 8.80. The molecule has 11 heteroatoms. The molecule has 1 N–H and O–H groups in total. The lowest BCUT2D eigenvalue weighted by molar-refractivity contribution is -0.385. The van der Waals surface area contributed by atoms with Crippen LogP contribution < -0.4 is 14.8 Å². The number of nitro groups is 1. The van der Waals surface area contributed by atoms with Crippen molar-refractivity contribution in [3.05, 3.63) is 50.2 Å². The maximum absolute atomic E-state index is 12.9. The number of carbonyl (C=O) groups is 2. The Bertz CT molecular complexity index is 885. The van der Waals surface area contributed by atoms with Crippen LogP contribution in [-0.4, -0.2) is 51.3 Å². The second-order valence-electron chi connectivity index (χ2n) is 5.94. The fraction of sp³-hybridized carbons (Fsp3) is 0.368. The van der Waals surface area contributed by atoms with Crippen LogP contribution in [0.25, 0.3) is 0 Å². The Morgan fingerprint density at radius 2 is 1.97 bits per heavy atom. The summed E-state index contributed by atoms with van der Waals surface area (Å²) in [6.07, 6.45) is -0.119. The number of benzene rings is 1. The van der Waals surface area contributed by atoms with Crippen LogP contribution >= 0.6 is 11.3 Å². The molecule has 0 radical (unpaired) electrons. The number of carbonyl (C=O) groups excluding carboxylic acids is 2. The van der Waals surface area contributed by atoms with E-state index in [2.05, 4.69) is 10.1 Å². The Morgan fingerprint density at radius 1 is 1.20 bits per heavy atom. The lowest BCUT2D eigenvalue weighted by Crippen LogP contribution is -2.30. The summed E-state index contributed by atoms with van der Waals surface area (Å²) in [7, 11) is 4.10. The van der Waals surface area contributed by atoms with Gasteiger partial charge in [-0.1, -0.05) is 6.07 Å². The summed E-state index contributed by atoms with van der Waals surface area (Å²) in [5, 5.41) is 16.0. The standard InChI is InChI=1S/C19H22N2O8S/c1-26-6-7-29-16-11-14(21(24)25)12(9-15(16)27-2)19(23)20-13(10-18(22)28-3)17-5-4-8-30-17/h4-5,8-9,11,13H,6-7,10H2,1-3H3,(H,20,23). The number of nitrogens with zero attached hydrogens (tertiary/aromatic N) is 1. The number of nitrogens with one attached hydrogen (secondary N) is 1. The summed E-state index contributed by atoms with van der Waals surface area (Å²) in [4.78, 5) is 36.3. The third-order valence-electron chi connectivity index (χ3n) is 4.06. The zero-order valence-electron chi connectivity index (χ0n) is 16.7. The molecule has 1 atom stereocenters. The minimum Gasteiger partial charge on any atom is -0.493 e. The van der Waals surface area contributed by atoms with E-state index in [1.807, 2.05) is 0 Å². The van der Waals surface area contributed by atoms with Gasteiger partial charge in [-0.05, 0) is 11.4 Å². The fourth-order valence-electron chi connectivity index (χ4n) is 2.59. The summed E-state index contributed by atoms with van der Waals surface area (Å²) < 4.78 is 20.3. The van der Waals surface area contributed by atoms with Gasteiger partial charge in [0.05, 0.1) is 44.3 Å². The van der Waals surface area contributed by atoms with E-state index >= 15 is 0 Å². The van der Waals surface area contributed by atoms with Gasteiger partial charge in [0.1, 0.15) is 12.2 Å². The van der Waals surface area contributed by atoms with Crippen LogP contribution in [0.3, 0.4) is 0 Å². The van der Waals surface area contributed by atoms with Crippen molar-refractivity contribution in [3.8, 4) is 11.5 Å². The minimum absolute atomic E-state index is 0.113. The Morgan fingerprint density at radius 3 is 2.53 bits per heavy atom. The quantitative estimate of drug-likeness (QED) is 0.246. The van der Waals surface area contributed by atoms with E-state index < -0.39 is 28.5 Å². The second kappa shape index (κ2) is 11.1. The van der Waals surface area contributed by atoms with Crippen LogP contribution in [0.4, 0.5) is 5.69 Å². The number of thiophene rings is 1. The summed E-state index contributed by atoms with van der Waals surface area (Å²) in [6, 6.07) is 5.19. The highest BCUT2D eigenvalue weighted by Crippen LogP contribution is 2.35. The van der Waals surface area contributed by atoms with Gasteiger partial charge >= 0.3 is 5.97 Å². The van der Waals surface area contributed by atoms with Crippen LogP contribution in [0, 0.1) is 10.1 Å². The summed E-state index contributed by atoms with van der Waals surface area (Å²) >= 11 is 1.34. The third-order valence-corrected chi connectivity index (χ3v) is 5.04. The number of hydrogen-bond acceptors (Lipinski definition) is 9. The monoisotopic (exact) mass is 438 g/mol. The second-order valence-corrected chi connectivity index (χ2v) is 6.92. The van der Waals surface area contributed by atoms with E-state index in [1.165, 1.54) is 38.7 Å². The van der Waals surface area contributed by atoms with E-state index in [0.717, 1.165) is 6.07 Å². The summed E-state index contributed by atoms with van der Waals surface area (Å²) in [5.74, 6) is -0.988. The van der Waals surface area contributed by atoms with Gasteiger partial charge in [0.25, 0.3) is 11.6 Å². The first kappa shape index (κ1) is 23.1. The maximum atomic E-state index is 12.9. The molecular weight excluding hydrogens is 416 g/mol. The lowest BCUT2D eigenvalue weighted by Gasteiger charge is -2.17. The Labute approximate surface area is 176 Å². The normalized spacial score (nSPS) is 11.4. The van der Waals surface area contributed by atoms with Crippen molar-refractivity contribution >= 4 is 28.9 Å². The largest absolute Gasteiger partial charge is 0.493 e. The molecule has 0 spiro atoms. The SMILES string of the molecule is COCCOc1cc([N+](=O)[O-])c(C(=O)NC(CC(=O)OC)c2cccs2)cc1OC. The van der Waals surface area contributed by atoms with Crippen molar-refractivity contribution in [3.63, 3.8) is 0 Å². The fourth-order valence-corrected chi connectivity index (χ4v) is 3.37. The van der Waals surface area contributed by atoms with Gasteiger partial charge in [-0.2, -0.15) is 0 Å². The molecule has 30 heavy (non-hydrogen) atoms. The van der Waals surface area contributed by atoms with E-state index in [1.54, 1.807) is 17.5 Å². The highest BCUT2D eigenvalue weighted by Gasteiger charge is 2.28. The molecule has 0 fully saturated rings. The van der Waals surface area contributed by atoms with Gasteiger partial charge in [0.2, 0.25) is 0 Å². The highest BCUT2D eigenvalue weighted by molar-refractivity contribution is 7.10. The maximum Gasteiger partial charge on any atom is 0.307 e. The van der Waals surface area contributed by atoms with Gasteiger partial charge < -0.3 is 24.3 Å². The molecule has 1 aromatic carbocycles. The van der Waals surface area contributed by atoms with Crippen molar-refractivity contribution < 1.29 is 33.5 Å². The zero-order chi connectivity index (χ0) is 22.1. The number of hydrogen-bond donors (Lipinski definition) is 1. The molecule has 162 valence electrons. The molecule has 0 aliphatic rings. The molecule has 1 unspecified atom stereocenters. The summed E-state index contributed by atoms with van der Waals surface area (Å²) in [6.45, 7) is 0.421. The molecule has 0 saturated carbocycles. The van der Waals surface area contributed by atoms with Crippen LogP contribution in [0.15, 0.2) is 29.6 Å². The van der Waals surface area contributed by atoms with Gasteiger partial charge in [0, 0.05) is 18.1 Å². The van der Waals surface area contributed by atoms with E-state index in [-0.39, 0.29) is 36.7 Å². The number of rotatable bonds is 11. The number of methoxy groups -OCH3 is 3. The Kier molecular flexibility index (Phi) is 8.56. The van der Waals surface area contributed by atoms with Crippen molar-refractivity contribution in [2.75, 3.05) is 34.5 Å². The first-order chi connectivity index (χ1) is 14.4. The highest BCUT2D eigenvalue weighted by atomic mass is 32.1. The topological polar surface area (TPSA) is 126 Å². The van der Waals surface area contributed by atoms with Crippen molar-refractivity contribution in [2.24, 2.45) is 0 Å². The number of amides is 1. The van der Waals surface area contributed by atoms with Crippen LogP contribution in [0.1, 0.15) is 27.7 Å². The van der Waals surface area contributed by atoms with Crippen LogP contribution in [-0.2, 0) is 14.3 Å². The molecule has 2 rings (SSSR count). The van der Waals surface area contributed by atoms with Crippen molar-refractivity contribution in [2.45, 2.75) is 12.5 Å². The predicted molar refractivity (Wildman–Crippen MR) is 108 cm³/mol. The van der Waals surface area contributed by atoms with E-state index in [9.17, 15) is 19.7 Å². The molecule has 2 aromatic rings. The molecule has 10 nitrogen and oxygen atoms in total. The Hall–Kier alpha value is -3.18. The molecule has 0 saturated heterocycles. The molecular formula is C19H22N2O8S. The first-order valence-corrected chi connectivity index (χ1v) is 9.68. The molecule has 0 aliphatic carbocycles.